The van der Waals surface area contributed by atoms with Crippen LogP contribution in [-0.4, -0.2) is 21.2 Å². The van der Waals surface area contributed by atoms with E-state index in [0.717, 1.165) is 10.0 Å². The number of nitrogens with zero attached hydrogens (tertiary/aromatic N) is 2. The highest BCUT2D eigenvalue weighted by Gasteiger charge is 2.07. The molecule has 2 rings (SSSR count). The van der Waals surface area contributed by atoms with Crippen LogP contribution in [0.5, 0.6) is 0 Å². The van der Waals surface area contributed by atoms with Gasteiger partial charge >= 0.3 is 0 Å². The van der Waals surface area contributed by atoms with E-state index in [1.54, 1.807) is 6.07 Å². The molecular weight excluding hydrogens is 236 g/mol. The smallest absolute Gasteiger partial charge is 0.248 e. The second-order valence-electron chi connectivity index (χ2n) is 3.97. The van der Waals surface area contributed by atoms with Crippen molar-refractivity contribution in [3.8, 4) is 10.7 Å². The van der Waals surface area contributed by atoms with Crippen molar-refractivity contribution in [2.75, 3.05) is 0 Å². The predicted octanol–water partition coefficient (Wildman–Crippen LogP) is 1.39. The second kappa shape index (κ2) is 5.20. The average Bonchev–Trinajstić information content (AvgIpc) is 2.75. The van der Waals surface area contributed by atoms with Crippen molar-refractivity contribution in [2.24, 2.45) is 0 Å². The molecule has 0 radical (unpaired) electrons. The summed E-state index contributed by atoms with van der Waals surface area (Å²) in [6, 6.07) is 5.42. The highest BCUT2D eigenvalue weighted by atomic mass is 32.1. The second-order valence-corrected chi connectivity index (χ2v) is 5.03. The van der Waals surface area contributed by atoms with E-state index in [-0.39, 0.29) is 5.56 Å². The van der Waals surface area contributed by atoms with Crippen LogP contribution in [0.25, 0.3) is 10.7 Å². The minimum atomic E-state index is -0.125. The molecule has 0 unspecified atom stereocenters. The molecule has 5 nitrogen and oxygen atoms in total. The number of nitrogens with one attached hydrogen (secondary N) is 2. The maximum absolute atomic E-state index is 11.2. The van der Waals surface area contributed by atoms with Crippen molar-refractivity contribution in [3.63, 3.8) is 0 Å². The molecule has 0 atom stereocenters. The summed E-state index contributed by atoms with van der Waals surface area (Å²) in [6.45, 7) is 4.86. The molecule has 0 aliphatic rings. The van der Waals surface area contributed by atoms with Crippen molar-refractivity contribution in [2.45, 2.75) is 26.4 Å². The summed E-state index contributed by atoms with van der Waals surface area (Å²) in [4.78, 5) is 13.9. The van der Waals surface area contributed by atoms with Gasteiger partial charge in [-0.25, -0.2) is 0 Å². The fourth-order valence-electron chi connectivity index (χ4n) is 1.30. The van der Waals surface area contributed by atoms with Gasteiger partial charge in [-0.05, 0) is 6.07 Å². The van der Waals surface area contributed by atoms with Crippen molar-refractivity contribution in [3.05, 3.63) is 33.6 Å². The summed E-state index contributed by atoms with van der Waals surface area (Å²) in [7, 11) is 0. The number of hydrogen-bond acceptors (Lipinski definition) is 5. The summed E-state index contributed by atoms with van der Waals surface area (Å²) < 4.78 is 0. The van der Waals surface area contributed by atoms with Gasteiger partial charge < -0.3 is 10.3 Å². The Morgan fingerprint density at radius 1 is 1.41 bits per heavy atom. The van der Waals surface area contributed by atoms with Gasteiger partial charge in [0.1, 0.15) is 5.01 Å². The van der Waals surface area contributed by atoms with Crippen LogP contribution in [0.2, 0.25) is 0 Å². The van der Waals surface area contributed by atoms with E-state index in [1.807, 2.05) is 6.07 Å². The number of aromatic nitrogens is 3. The molecule has 2 heterocycles. The molecule has 0 fully saturated rings. The molecular formula is C11H14N4OS. The van der Waals surface area contributed by atoms with E-state index in [4.69, 9.17) is 0 Å². The molecule has 0 aliphatic carbocycles. The molecule has 0 spiro atoms. The van der Waals surface area contributed by atoms with Gasteiger partial charge in [0.15, 0.2) is 5.01 Å². The fourth-order valence-corrected chi connectivity index (χ4v) is 2.07. The highest BCUT2D eigenvalue weighted by molar-refractivity contribution is 7.14. The molecule has 0 aliphatic heterocycles. The molecule has 2 aromatic heterocycles. The van der Waals surface area contributed by atoms with Crippen molar-refractivity contribution < 1.29 is 0 Å². The Kier molecular flexibility index (Phi) is 3.65. The Hall–Kier alpha value is -1.53. The zero-order valence-corrected chi connectivity index (χ0v) is 10.5. The van der Waals surface area contributed by atoms with Crippen LogP contribution >= 0.6 is 11.3 Å². The van der Waals surface area contributed by atoms with E-state index in [2.05, 4.69) is 34.3 Å². The number of hydrogen-bond donors (Lipinski definition) is 2. The van der Waals surface area contributed by atoms with Crippen LogP contribution in [0.1, 0.15) is 18.9 Å². The standard InChI is InChI=1S/C11H14N4OS/c1-7(2)12-6-10-14-15-11(17-10)8-4-3-5-9(16)13-8/h3-5,7,12H,6H2,1-2H3,(H,13,16). The van der Waals surface area contributed by atoms with E-state index in [1.165, 1.54) is 17.4 Å². The van der Waals surface area contributed by atoms with Crippen LogP contribution < -0.4 is 10.9 Å². The van der Waals surface area contributed by atoms with Gasteiger partial charge in [0.2, 0.25) is 5.56 Å². The Bertz CT molecular complexity index is 546. The van der Waals surface area contributed by atoms with Crippen LogP contribution in [0.3, 0.4) is 0 Å². The summed E-state index contributed by atoms with van der Waals surface area (Å²) >= 11 is 1.48. The first kappa shape index (κ1) is 11.9. The van der Waals surface area contributed by atoms with Gasteiger partial charge in [0.05, 0.1) is 5.69 Å². The average molecular weight is 250 g/mol. The van der Waals surface area contributed by atoms with Gasteiger partial charge in [-0.1, -0.05) is 31.3 Å². The lowest BCUT2D eigenvalue weighted by atomic mass is 10.4. The molecule has 0 aromatic carbocycles. The molecule has 0 bridgehead atoms. The van der Waals surface area contributed by atoms with Gasteiger partial charge in [-0.3, -0.25) is 4.79 Å². The number of pyridine rings is 1. The van der Waals surface area contributed by atoms with E-state index >= 15 is 0 Å². The third-order valence-corrected chi connectivity index (χ3v) is 3.08. The number of aromatic amines is 1. The SMILES string of the molecule is CC(C)NCc1nnc(-c2cccc(=O)[nH]2)s1. The summed E-state index contributed by atoms with van der Waals surface area (Å²) in [6.07, 6.45) is 0. The third-order valence-electron chi connectivity index (χ3n) is 2.13. The minimum Gasteiger partial charge on any atom is -0.320 e. The van der Waals surface area contributed by atoms with Gasteiger partial charge in [0.25, 0.3) is 0 Å². The number of H-pyrrole nitrogens is 1. The summed E-state index contributed by atoms with van der Waals surface area (Å²) in [5, 5.41) is 13.1. The molecule has 2 aromatic rings. The molecule has 0 amide bonds. The van der Waals surface area contributed by atoms with E-state index in [0.29, 0.717) is 18.3 Å². The van der Waals surface area contributed by atoms with Gasteiger partial charge in [-0.2, -0.15) is 0 Å². The summed E-state index contributed by atoms with van der Waals surface area (Å²) in [5.41, 5.74) is 0.588. The van der Waals surface area contributed by atoms with E-state index in [9.17, 15) is 4.79 Å². The molecule has 0 saturated heterocycles. The first-order valence-electron chi connectivity index (χ1n) is 5.40. The van der Waals surface area contributed by atoms with Crippen LogP contribution in [0.4, 0.5) is 0 Å². The lowest BCUT2D eigenvalue weighted by Crippen LogP contribution is -2.21. The first-order chi connectivity index (χ1) is 8.15. The Morgan fingerprint density at radius 3 is 2.94 bits per heavy atom. The fraction of sp³-hybridized carbons (Fsp3) is 0.364. The summed E-state index contributed by atoms with van der Waals surface area (Å²) in [5.74, 6) is 0. The molecule has 2 N–H and O–H groups in total. The lowest BCUT2D eigenvalue weighted by Gasteiger charge is -2.03. The molecule has 90 valence electrons. The first-order valence-corrected chi connectivity index (χ1v) is 6.22. The van der Waals surface area contributed by atoms with Crippen molar-refractivity contribution in [1.82, 2.24) is 20.5 Å². The third kappa shape index (κ3) is 3.21. The van der Waals surface area contributed by atoms with Crippen LogP contribution in [-0.2, 0) is 6.54 Å². The predicted molar refractivity (Wildman–Crippen MR) is 67.9 cm³/mol. The Balaban J connectivity index is 2.15. The lowest BCUT2D eigenvalue weighted by molar-refractivity contribution is 0.585. The highest BCUT2D eigenvalue weighted by Crippen LogP contribution is 2.20. The van der Waals surface area contributed by atoms with Crippen molar-refractivity contribution >= 4 is 11.3 Å². The normalized spacial score (nSPS) is 11.0. The van der Waals surface area contributed by atoms with Crippen LogP contribution in [0, 0.1) is 0 Å². The zero-order chi connectivity index (χ0) is 12.3. The maximum atomic E-state index is 11.2. The quantitative estimate of drug-likeness (QED) is 0.860. The van der Waals surface area contributed by atoms with Gasteiger partial charge in [-0.15, -0.1) is 10.2 Å². The topological polar surface area (TPSA) is 70.7 Å². The van der Waals surface area contributed by atoms with Crippen molar-refractivity contribution in [1.29, 1.82) is 0 Å². The molecule has 6 heteroatoms. The minimum absolute atomic E-state index is 0.125. The van der Waals surface area contributed by atoms with Gasteiger partial charge in [0, 0.05) is 18.7 Å². The Labute approximate surface area is 103 Å². The monoisotopic (exact) mass is 250 g/mol. The molecule has 17 heavy (non-hydrogen) atoms. The van der Waals surface area contributed by atoms with E-state index < -0.39 is 0 Å². The maximum Gasteiger partial charge on any atom is 0.248 e. The zero-order valence-electron chi connectivity index (χ0n) is 9.73. The van der Waals surface area contributed by atoms with Crippen LogP contribution in [0.15, 0.2) is 23.0 Å². The Morgan fingerprint density at radius 2 is 2.24 bits per heavy atom. The molecule has 0 saturated carbocycles. The largest absolute Gasteiger partial charge is 0.320 e. The number of rotatable bonds is 4.